The predicted molar refractivity (Wildman–Crippen MR) is 156 cm³/mol. The number of benzene rings is 3. The van der Waals surface area contributed by atoms with E-state index >= 15 is 0 Å². The highest BCUT2D eigenvalue weighted by Gasteiger charge is 2.27. The lowest BCUT2D eigenvalue weighted by molar-refractivity contribution is 0.0843. The fraction of sp³-hybridized carbons (Fsp3) is 0.258. The van der Waals surface area contributed by atoms with Crippen LogP contribution in [0.5, 0.6) is 0 Å². The molecule has 4 rings (SSSR count). The lowest BCUT2D eigenvalue weighted by Gasteiger charge is -2.16. The zero-order valence-electron chi connectivity index (χ0n) is 23.1. The van der Waals surface area contributed by atoms with Crippen molar-refractivity contribution in [2.75, 3.05) is 13.1 Å². The van der Waals surface area contributed by atoms with Gasteiger partial charge in [-0.15, -0.1) is 0 Å². The van der Waals surface area contributed by atoms with Crippen LogP contribution in [0.1, 0.15) is 67.6 Å². The molecule has 1 atom stereocenters. The van der Waals surface area contributed by atoms with E-state index in [9.17, 15) is 23.2 Å². The third kappa shape index (κ3) is 9.25. The second-order valence-corrected chi connectivity index (χ2v) is 10.3. The summed E-state index contributed by atoms with van der Waals surface area (Å²) in [4.78, 5) is 42.6. The Morgan fingerprint density at radius 3 is 2.35 bits per heavy atom. The number of aromatic nitrogens is 2. The second-order valence-electron chi connectivity index (χ2n) is 9.85. The van der Waals surface area contributed by atoms with Crippen LogP contribution in [0.3, 0.4) is 0 Å². The van der Waals surface area contributed by atoms with Crippen molar-refractivity contribution in [2.45, 2.75) is 38.1 Å². The van der Waals surface area contributed by atoms with Gasteiger partial charge in [-0.3, -0.25) is 14.4 Å². The molecule has 0 aliphatic carbocycles. The number of rotatable bonds is 14. The number of ketones is 1. The van der Waals surface area contributed by atoms with Gasteiger partial charge in [-0.25, -0.2) is 8.78 Å². The third-order valence-electron chi connectivity index (χ3n) is 6.54. The van der Waals surface area contributed by atoms with Gasteiger partial charge >= 0.3 is 0 Å². The van der Waals surface area contributed by atoms with E-state index in [1.165, 1.54) is 0 Å². The topological polar surface area (TPSA) is 140 Å². The summed E-state index contributed by atoms with van der Waals surface area (Å²) >= 11 is 6.00. The summed E-state index contributed by atoms with van der Waals surface area (Å²) in [5, 5.41) is 9.81. The van der Waals surface area contributed by atoms with Gasteiger partial charge in [0.05, 0.1) is 12.5 Å². The zero-order chi connectivity index (χ0) is 30.8. The van der Waals surface area contributed by atoms with E-state index in [0.29, 0.717) is 49.0 Å². The van der Waals surface area contributed by atoms with Gasteiger partial charge in [0.15, 0.2) is 0 Å². The van der Waals surface area contributed by atoms with E-state index in [1.54, 1.807) is 30.3 Å². The van der Waals surface area contributed by atoms with Crippen LogP contribution < -0.4 is 16.4 Å². The van der Waals surface area contributed by atoms with Gasteiger partial charge in [-0.2, -0.15) is 4.98 Å². The number of nitrogens with zero attached hydrogens (tertiary/aromatic N) is 2. The molecule has 0 aliphatic heterocycles. The van der Waals surface area contributed by atoms with Gasteiger partial charge in [0.2, 0.25) is 17.5 Å². The maximum Gasteiger partial charge on any atom is 0.252 e. The van der Waals surface area contributed by atoms with Crippen molar-refractivity contribution in [3.63, 3.8) is 0 Å². The average molecular weight is 610 g/mol. The summed E-state index contributed by atoms with van der Waals surface area (Å²) in [5.74, 6) is -3.56. The Kier molecular flexibility index (Phi) is 11.1. The maximum atomic E-state index is 13.6. The molecule has 9 nitrogen and oxygen atoms in total. The number of carbonyl (C=O) groups is 3. The van der Waals surface area contributed by atoms with Crippen LogP contribution in [-0.4, -0.2) is 46.9 Å². The largest absolute Gasteiger partial charge is 0.352 e. The van der Waals surface area contributed by atoms with E-state index in [4.69, 9.17) is 21.9 Å². The predicted octanol–water partition coefficient (Wildman–Crippen LogP) is 4.67. The van der Waals surface area contributed by atoms with Crippen LogP contribution in [-0.2, 0) is 12.8 Å². The molecule has 224 valence electrons. The molecule has 0 unspecified atom stereocenters. The fourth-order valence-corrected chi connectivity index (χ4v) is 4.55. The molecular formula is C31H30ClF2N5O4. The highest BCUT2D eigenvalue weighted by molar-refractivity contribution is 6.30. The highest BCUT2D eigenvalue weighted by Crippen LogP contribution is 2.15. The van der Waals surface area contributed by atoms with Gasteiger partial charge in [0.25, 0.3) is 11.8 Å². The molecule has 0 radical (unpaired) electrons. The number of halogens is 3. The Morgan fingerprint density at radius 2 is 1.65 bits per heavy atom. The third-order valence-corrected chi connectivity index (χ3v) is 6.78. The average Bonchev–Trinajstić information content (AvgIpc) is 3.44. The van der Waals surface area contributed by atoms with Gasteiger partial charge in [0, 0.05) is 28.8 Å². The van der Waals surface area contributed by atoms with Crippen LogP contribution in [0.25, 0.3) is 0 Å². The van der Waals surface area contributed by atoms with Crippen molar-refractivity contribution in [3.05, 3.63) is 117 Å². The molecule has 4 N–H and O–H groups in total. The first-order valence-corrected chi connectivity index (χ1v) is 14.0. The highest BCUT2D eigenvalue weighted by atomic mass is 35.5. The van der Waals surface area contributed by atoms with E-state index in [0.717, 1.165) is 23.3 Å². The molecular weight excluding hydrogens is 580 g/mol. The first-order valence-electron chi connectivity index (χ1n) is 13.7. The van der Waals surface area contributed by atoms with Crippen molar-refractivity contribution < 1.29 is 27.7 Å². The molecule has 0 aliphatic rings. The summed E-state index contributed by atoms with van der Waals surface area (Å²) in [7, 11) is 0. The van der Waals surface area contributed by atoms with Crippen LogP contribution in [0.2, 0.25) is 5.02 Å². The van der Waals surface area contributed by atoms with Gasteiger partial charge in [-0.1, -0.05) is 41.0 Å². The molecule has 1 aromatic heterocycles. The van der Waals surface area contributed by atoms with Crippen molar-refractivity contribution in [3.8, 4) is 0 Å². The molecule has 3 aromatic carbocycles. The number of Topliss-reactive ketones (excluding diaryl/α,β-unsaturated/α-hetero) is 1. The Morgan fingerprint density at radius 1 is 0.907 bits per heavy atom. The molecule has 43 heavy (non-hydrogen) atoms. The number of carbonyl (C=O) groups excluding carboxylic acids is 3. The Bertz CT molecular complexity index is 1560. The molecule has 2 amide bonds. The molecule has 0 fully saturated rings. The molecule has 0 bridgehead atoms. The van der Waals surface area contributed by atoms with Gasteiger partial charge < -0.3 is 20.9 Å². The first-order chi connectivity index (χ1) is 20.7. The molecule has 0 spiro atoms. The summed E-state index contributed by atoms with van der Waals surface area (Å²) in [5.41, 5.74) is 7.55. The Labute approximate surface area is 251 Å². The van der Waals surface area contributed by atoms with E-state index in [-0.39, 0.29) is 36.0 Å². The zero-order valence-corrected chi connectivity index (χ0v) is 23.9. The first kappa shape index (κ1) is 31.5. The smallest absolute Gasteiger partial charge is 0.252 e. The number of nitrogens with one attached hydrogen (secondary N) is 2. The van der Waals surface area contributed by atoms with Gasteiger partial charge in [0.1, 0.15) is 11.6 Å². The molecule has 4 aromatic rings. The van der Waals surface area contributed by atoms with E-state index in [2.05, 4.69) is 20.8 Å². The van der Waals surface area contributed by atoms with Crippen LogP contribution in [0, 0.1) is 11.6 Å². The van der Waals surface area contributed by atoms with Crippen LogP contribution in [0.15, 0.2) is 71.3 Å². The minimum Gasteiger partial charge on any atom is -0.352 e. The SMILES string of the molecule is NCCCC[C@H](NC(=O)c1cc(F)cc(F)c1)C(=O)c1noc(Cc2ccc(C(=O)NCCc3cccc(Cl)c3)cc2)n1. The standard InChI is InChI=1S/C31H30ClF2N5O4/c32-23-5-3-4-19(14-23)11-13-36-30(41)21-9-7-20(8-10-21)15-27-38-29(39-43-27)28(40)26(6-1-2-12-35)37-31(42)22-16-24(33)18-25(34)17-22/h3-5,7-10,14,16-18,26H,1-2,6,11-13,15,35H2,(H,36,41)(H,37,42)/t26-/m0/s1. The van der Waals surface area contributed by atoms with Crippen LogP contribution in [0.4, 0.5) is 8.78 Å². The number of amides is 2. The lowest BCUT2D eigenvalue weighted by atomic mass is 10.0. The normalized spacial score (nSPS) is 11.6. The van der Waals surface area contributed by atoms with Crippen molar-refractivity contribution in [1.29, 1.82) is 0 Å². The Hall–Kier alpha value is -4.48. The Balaban J connectivity index is 1.35. The van der Waals surface area contributed by atoms with Crippen molar-refractivity contribution in [2.24, 2.45) is 5.73 Å². The summed E-state index contributed by atoms with van der Waals surface area (Å²) < 4.78 is 32.5. The fourth-order valence-electron chi connectivity index (χ4n) is 4.33. The van der Waals surface area contributed by atoms with Crippen molar-refractivity contribution >= 4 is 29.2 Å². The molecule has 12 heteroatoms. The van der Waals surface area contributed by atoms with Crippen LogP contribution >= 0.6 is 11.6 Å². The van der Waals surface area contributed by atoms with Gasteiger partial charge in [-0.05, 0) is 79.8 Å². The maximum absolute atomic E-state index is 13.6. The second kappa shape index (κ2) is 15.1. The monoisotopic (exact) mass is 609 g/mol. The number of hydrogen-bond acceptors (Lipinski definition) is 7. The number of hydrogen-bond donors (Lipinski definition) is 3. The summed E-state index contributed by atoms with van der Waals surface area (Å²) in [6.45, 7) is 0.840. The summed E-state index contributed by atoms with van der Waals surface area (Å²) in [6.07, 6.45) is 2.16. The number of nitrogens with two attached hydrogens (primary N) is 1. The summed E-state index contributed by atoms with van der Waals surface area (Å²) in [6, 6.07) is 15.6. The minimum atomic E-state index is -1.06. The van der Waals surface area contributed by atoms with E-state index < -0.39 is 29.4 Å². The molecule has 1 heterocycles. The number of unbranched alkanes of at least 4 members (excludes halogenated alkanes) is 1. The minimum absolute atomic E-state index is 0.154. The van der Waals surface area contributed by atoms with E-state index in [1.807, 2.05) is 18.2 Å². The quantitative estimate of drug-likeness (QED) is 0.139. The molecule has 0 saturated carbocycles. The molecule has 0 saturated heterocycles. The van der Waals surface area contributed by atoms with Crippen molar-refractivity contribution in [1.82, 2.24) is 20.8 Å². The lowest BCUT2D eigenvalue weighted by Crippen LogP contribution is -2.41.